The quantitative estimate of drug-likeness (QED) is 0.884. The van der Waals surface area contributed by atoms with Crippen molar-refractivity contribution >= 4 is 11.8 Å². The van der Waals surface area contributed by atoms with E-state index in [4.69, 9.17) is 5.73 Å². The third kappa shape index (κ3) is 3.11. The summed E-state index contributed by atoms with van der Waals surface area (Å²) in [5, 5.41) is 0. The second-order valence-corrected chi connectivity index (χ2v) is 5.33. The number of rotatable bonds is 3. The third-order valence-corrected chi connectivity index (χ3v) is 3.90. The lowest BCUT2D eigenvalue weighted by Gasteiger charge is -2.07. The van der Waals surface area contributed by atoms with Gasteiger partial charge in [0, 0.05) is 16.3 Å². The Hall–Kier alpha value is -1.25. The van der Waals surface area contributed by atoms with E-state index in [0.717, 1.165) is 0 Å². The van der Waals surface area contributed by atoms with Crippen molar-refractivity contribution in [3.05, 3.63) is 59.2 Å². The number of benzene rings is 2. The van der Waals surface area contributed by atoms with Crippen molar-refractivity contribution in [3.63, 3.8) is 0 Å². The fraction of sp³-hybridized carbons (Fsp3) is 0.200. The molecule has 0 saturated heterocycles. The summed E-state index contributed by atoms with van der Waals surface area (Å²) in [7, 11) is 0. The maximum absolute atomic E-state index is 5.59. The van der Waals surface area contributed by atoms with E-state index in [1.54, 1.807) is 11.8 Å². The molecule has 0 aromatic heterocycles. The van der Waals surface area contributed by atoms with Gasteiger partial charge in [-0.15, -0.1) is 0 Å². The van der Waals surface area contributed by atoms with E-state index < -0.39 is 0 Å². The van der Waals surface area contributed by atoms with E-state index in [1.807, 2.05) is 0 Å². The zero-order valence-electron chi connectivity index (χ0n) is 10.2. The molecular weight excluding hydrogens is 226 g/mol. The smallest absolute Gasteiger partial charge is 0.0178 e. The number of nitrogens with two attached hydrogens (primary N) is 1. The van der Waals surface area contributed by atoms with E-state index in [-0.39, 0.29) is 0 Å². The molecule has 0 aliphatic heterocycles. The zero-order chi connectivity index (χ0) is 12.3. The minimum Gasteiger partial charge on any atom is -0.326 e. The average molecular weight is 243 g/mol. The minimum absolute atomic E-state index is 0.606. The van der Waals surface area contributed by atoms with Crippen LogP contribution in [-0.2, 0) is 6.54 Å². The predicted octanol–water partition coefficient (Wildman–Crippen LogP) is 3.91. The highest BCUT2D eigenvalue weighted by molar-refractivity contribution is 7.99. The van der Waals surface area contributed by atoms with Crippen LogP contribution in [0.25, 0.3) is 0 Å². The van der Waals surface area contributed by atoms with Crippen LogP contribution in [0.4, 0.5) is 0 Å². The topological polar surface area (TPSA) is 26.0 Å². The molecule has 0 saturated carbocycles. The lowest BCUT2D eigenvalue weighted by Crippen LogP contribution is -1.94. The average Bonchev–Trinajstić information content (AvgIpc) is 2.35. The summed E-state index contributed by atoms with van der Waals surface area (Å²) in [6.45, 7) is 4.88. The number of hydrogen-bond acceptors (Lipinski definition) is 2. The van der Waals surface area contributed by atoms with Gasteiger partial charge in [-0.3, -0.25) is 0 Å². The molecular formula is C15H17NS. The van der Waals surface area contributed by atoms with Crippen LogP contribution in [-0.4, -0.2) is 0 Å². The molecule has 2 aromatic rings. The Labute approximate surface area is 107 Å². The summed E-state index contributed by atoms with van der Waals surface area (Å²) < 4.78 is 0. The highest BCUT2D eigenvalue weighted by atomic mass is 32.2. The fourth-order valence-electron chi connectivity index (χ4n) is 1.64. The van der Waals surface area contributed by atoms with Crippen LogP contribution in [0.15, 0.2) is 52.3 Å². The van der Waals surface area contributed by atoms with Crippen molar-refractivity contribution in [3.8, 4) is 0 Å². The Kier molecular flexibility index (Phi) is 3.87. The van der Waals surface area contributed by atoms with Crippen LogP contribution in [0.1, 0.15) is 16.7 Å². The Balaban J connectivity index is 2.22. The monoisotopic (exact) mass is 243 g/mol. The highest BCUT2D eigenvalue weighted by Gasteiger charge is 2.01. The molecule has 2 rings (SSSR count). The van der Waals surface area contributed by atoms with Gasteiger partial charge in [0.15, 0.2) is 0 Å². The molecule has 0 fully saturated rings. The SMILES string of the molecule is Cc1ccc(C)c(Sc2ccc(CN)cc2)c1. The minimum atomic E-state index is 0.606. The molecule has 2 heteroatoms. The van der Waals surface area contributed by atoms with E-state index >= 15 is 0 Å². The van der Waals surface area contributed by atoms with Gasteiger partial charge in [0.2, 0.25) is 0 Å². The van der Waals surface area contributed by atoms with E-state index in [1.165, 1.54) is 26.5 Å². The first kappa shape index (κ1) is 12.2. The molecule has 0 amide bonds. The van der Waals surface area contributed by atoms with Crippen molar-refractivity contribution in [2.24, 2.45) is 5.73 Å². The van der Waals surface area contributed by atoms with Crippen LogP contribution >= 0.6 is 11.8 Å². The highest BCUT2D eigenvalue weighted by Crippen LogP contribution is 2.30. The van der Waals surface area contributed by atoms with Crippen LogP contribution in [0.2, 0.25) is 0 Å². The van der Waals surface area contributed by atoms with Crippen LogP contribution in [0, 0.1) is 13.8 Å². The van der Waals surface area contributed by atoms with Crippen molar-refractivity contribution < 1.29 is 0 Å². The van der Waals surface area contributed by atoms with Gasteiger partial charge >= 0.3 is 0 Å². The molecule has 0 radical (unpaired) electrons. The van der Waals surface area contributed by atoms with Crippen molar-refractivity contribution in [2.45, 2.75) is 30.2 Å². The van der Waals surface area contributed by atoms with E-state index in [0.29, 0.717) is 6.54 Å². The van der Waals surface area contributed by atoms with Gasteiger partial charge in [0.25, 0.3) is 0 Å². The largest absolute Gasteiger partial charge is 0.326 e. The third-order valence-electron chi connectivity index (χ3n) is 2.73. The normalized spacial score (nSPS) is 10.5. The summed E-state index contributed by atoms with van der Waals surface area (Å²) in [6.07, 6.45) is 0. The molecule has 0 heterocycles. The Morgan fingerprint density at radius 2 is 1.71 bits per heavy atom. The maximum Gasteiger partial charge on any atom is 0.0178 e. The van der Waals surface area contributed by atoms with Gasteiger partial charge in [0.1, 0.15) is 0 Å². The first-order valence-corrected chi connectivity index (χ1v) is 6.55. The first-order chi connectivity index (χ1) is 8.19. The van der Waals surface area contributed by atoms with Gasteiger partial charge in [-0.1, -0.05) is 36.0 Å². The van der Waals surface area contributed by atoms with Crippen LogP contribution < -0.4 is 5.73 Å². The van der Waals surface area contributed by atoms with Crippen molar-refractivity contribution in [2.75, 3.05) is 0 Å². The lowest BCUT2D eigenvalue weighted by atomic mass is 10.2. The first-order valence-electron chi connectivity index (χ1n) is 5.73. The molecule has 0 bridgehead atoms. The molecule has 88 valence electrons. The van der Waals surface area contributed by atoms with E-state index in [9.17, 15) is 0 Å². The van der Waals surface area contributed by atoms with Crippen molar-refractivity contribution in [1.82, 2.24) is 0 Å². The number of aryl methyl sites for hydroxylation is 2. The second-order valence-electron chi connectivity index (χ2n) is 4.22. The Morgan fingerprint density at radius 3 is 2.35 bits per heavy atom. The zero-order valence-corrected chi connectivity index (χ0v) is 11.1. The summed E-state index contributed by atoms with van der Waals surface area (Å²) in [4.78, 5) is 2.58. The van der Waals surface area contributed by atoms with Gasteiger partial charge in [-0.05, 0) is 48.7 Å². The summed E-state index contributed by atoms with van der Waals surface area (Å²) in [5.41, 5.74) is 9.39. The molecule has 17 heavy (non-hydrogen) atoms. The number of hydrogen-bond donors (Lipinski definition) is 1. The molecule has 2 aromatic carbocycles. The Bertz CT molecular complexity index is 503. The lowest BCUT2D eigenvalue weighted by molar-refractivity contribution is 1.07. The molecule has 0 aliphatic rings. The predicted molar refractivity (Wildman–Crippen MR) is 74.4 cm³/mol. The molecule has 0 spiro atoms. The van der Waals surface area contributed by atoms with Gasteiger partial charge < -0.3 is 5.73 Å². The summed E-state index contributed by atoms with van der Waals surface area (Å²) >= 11 is 1.81. The van der Waals surface area contributed by atoms with Gasteiger partial charge in [-0.2, -0.15) is 0 Å². The molecule has 0 unspecified atom stereocenters. The fourth-order valence-corrected chi connectivity index (χ4v) is 2.64. The van der Waals surface area contributed by atoms with Crippen LogP contribution in [0.5, 0.6) is 0 Å². The van der Waals surface area contributed by atoms with Gasteiger partial charge in [-0.25, -0.2) is 0 Å². The molecule has 0 aliphatic carbocycles. The Morgan fingerprint density at radius 1 is 1.00 bits per heavy atom. The standard InChI is InChI=1S/C15H17NS/c1-11-3-4-12(2)15(9-11)17-14-7-5-13(10-16)6-8-14/h3-9H,10,16H2,1-2H3. The second kappa shape index (κ2) is 5.39. The van der Waals surface area contributed by atoms with Crippen LogP contribution in [0.3, 0.4) is 0 Å². The molecule has 1 nitrogen and oxygen atoms in total. The van der Waals surface area contributed by atoms with Gasteiger partial charge in [0.05, 0.1) is 0 Å². The summed E-state index contributed by atoms with van der Waals surface area (Å²) in [6, 6.07) is 15.0. The maximum atomic E-state index is 5.59. The molecule has 2 N–H and O–H groups in total. The summed E-state index contributed by atoms with van der Waals surface area (Å²) in [5.74, 6) is 0. The van der Waals surface area contributed by atoms with E-state index in [2.05, 4.69) is 56.3 Å². The van der Waals surface area contributed by atoms with Crippen molar-refractivity contribution in [1.29, 1.82) is 0 Å². The molecule has 0 atom stereocenters.